The van der Waals surface area contributed by atoms with E-state index in [9.17, 15) is 70.7 Å². The van der Waals surface area contributed by atoms with Crippen molar-refractivity contribution in [3.63, 3.8) is 0 Å². The third-order valence-corrected chi connectivity index (χ3v) is 3.13. The first-order valence-corrected chi connectivity index (χ1v) is 6.49. The van der Waals surface area contributed by atoms with Crippen molar-refractivity contribution in [2.45, 2.75) is 48.6 Å². The molecule has 0 aromatic heterocycles. The van der Waals surface area contributed by atoms with Gasteiger partial charge < -0.3 is 4.74 Å². The van der Waals surface area contributed by atoms with Gasteiger partial charge in [-0.25, -0.2) is 4.79 Å². The molecule has 0 bridgehead atoms. The lowest BCUT2D eigenvalue weighted by Crippen LogP contribution is -2.73. The molecule has 0 heterocycles. The number of alkyl halides is 15. The summed E-state index contributed by atoms with van der Waals surface area (Å²) in [6.07, 6.45) is -7.66. The average Bonchev–Trinajstić information content (AvgIpc) is 2.50. The Morgan fingerprint density at radius 3 is 1.28 bits per heavy atom. The molecule has 2 nitrogen and oxygen atoms in total. The molecule has 0 saturated carbocycles. The molecular formula is C12H7F15O2. The van der Waals surface area contributed by atoms with Gasteiger partial charge in [0.25, 0.3) is 0 Å². The monoisotopic (exact) mass is 468 g/mol. The summed E-state index contributed by atoms with van der Waals surface area (Å²) in [5.74, 6) is -49.2. The van der Waals surface area contributed by atoms with Crippen LogP contribution in [-0.4, -0.2) is 54.3 Å². The highest BCUT2D eigenvalue weighted by Gasteiger charge is 2.93. The molecule has 0 fully saturated rings. The van der Waals surface area contributed by atoms with Gasteiger partial charge in [0.05, 0.1) is 0 Å². The average molecular weight is 468 g/mol. The fraction of sp³-hybridized carbons (Fsp3) is 0.750. The van der Waals surface area contributed by atoms with Crippen LogP contribution in [0.4, 0.5) is 65.9 Å². The zero-order chi connectivity index (χ0) is 24.1. The summed E-state index contributed by atoms with van der Waals surface area (Å²) in [7, 11) is 0. The van der Waals surface area contributed by atoms with Gasteiger partial charge >= 0.3 is 47.7 Å². The van der Waals surface area contributed by atoms with E-state index >= 15 is 0 Å². The number of ether oxygens (including phenoxy) is 1. The predicted octanol–water partition coefficient (Wildman–Crippen LogP) is 5.48. The summed E-state index contributed by atoms with van der Waals surface area (Å²) in [4.78, 5) is 10.8. The van der Waals surface area contributed by atoms with Gasteiger partial charge in [0.15, 0.2) is 6.61 Å². The van der Waals surface area contributed by atoms with Crippen molar-refractivity contribution in [2.24, 2.45) is 0 Å². The highest BCUT2D eigenvalue weighted by Crippen LogP contribution is 2.62. The topological polar surface area (TPSA) is 26.3 Å². The van der Waals surface area contributed by atoms with Gasteiger partial charge in [-0.3, -0.25) is 0 Å². The summed E-state index contributed by atoms with van der Waals surface area (Å²) >= 11 is 0. The van der Waals surface area contributed by atoms with Crippen LogP contribution in [0.5, 0.6) is 0 Å². The van der Waals surface area contributed by atoms with Crippen LogP contribution >= 0.6 is 0 Å². The molecule has 172 valence electrons. The number of rotatable bonds is 8. The number of halogens is 15. The van der Waals surface area contributed by atoms with E-state index in [1.807, 2.05) is 0 Å². The van der Waals surface area contributed by atoms with Gasteiger partial charge in [-0.1, -0.05) is 6.58 Å². The maximum Gasteiger partial charge on any atom is 0.460 e. The molecule has 0 atom stereocenters. The van der Waals surface area contributed by atoms with E-state index < -0.39 is 59.9 Å². The van der Waals surface area contributed by atoms with Crippen molar-refractivity contribution in [3.05, 3.63) is 12.2 Å². The Bertz CT molecular complexity index is 646. The van der Waals surface area contributed by atoms with Crippen LogP contribution in [0.2, 0.25) is 0 Å². The zero-order valence-corrected chi connectivity index (χ0v) is 13.4. The van der Waals surface area contributed by atoms with Crippen molar-refractivity contribution in [2.75, 3.05) is 6.61 Å². The summed E-state index contributed by atoms with van der Waals surface area (Å²) in [5.41, 5.74) is -0.808. The molecule has 0 saturated heterocycles. The predicted molar refractivity (Wildman–Crippen MR) is 61.5 cm³/mol. The Hall–Kier alpha value is -1.84. The molecule has 0 radical (unpaired) electrons. The normalized spacial score (nSPS) is 15.3. The third-order valence-electron chi connectivity index (χ3n) is 3.13. The van der Waals surface area contributed by atoms with Gasteiger partial charge in [-0.15, -0.1) is 0 Å². The molecule has 0 aliphatic carbocycles. The molecule has 0 rings (SSSR count). The zero-order valence-electron chi connectivity index (χ0n) is 13.4. The highest BCUT2D eigenvalue weighted by molar-refractivity contribution is 5.86. The van der Waals surface area contributed by atoms with Gasteiger partial charge in [-0.2, -0.15) is 65.9 Å². The molecule has 0 aromatic carbocycles. The maximum atomic E-state index is 13.3. The largest absolute Gasteiger partial charge is 0.460 e. The lowest BCUT2D eigenvalue weighted by atomic mass is 9.91. The van der Waals surface area contributed by atoms with E-state index in [2.05, 4.69) is 11.3 Å². The van der Waals surface area contributed by atoms with Crippen LogP contribution < -0.4 is 0 Å². The van der Waals surface area contributed by atoms with Crippen LogP contribution in [-0.2, 0) is 9.53 Å². The molecule has 0 N–H and O–H groups in total. The number of carbonyl (C=O) groups excluding carboxylic acids is 1. The summed E-state index contributed by atoms with van der Waals surface area (Å²) in [6.45, 7) is 0.266. The smallest absolute Gasteiger partial charge is 0.456 e. The van der Waals surface area contributed by atoms with Gasteiger partial charge in [0, 0.05) is 5.57 Å². The van der Waals surface area contributed by atoms with Crippen molar-refractivity contribution < 1.29 is 75.4 Å². The highest BCUT2D eigenvalue weighted by atomic mass is 19.4. The minimum absolute atomic E-state index is 0.709. The van der Waals surface area contributed by atoms with E-state index in [1.165, 1.54) is 0 Å². The molecule has 29 heavy (non-hydrogen) atoms. The van der Waals surface area contributed by atoms with Crippen LogP contribution in [0.15, 0.2) is 12.2 Å². The summed E-state index contributed by atoms with van der Waals surface area (Å²) < 4.78 is 196. The van der Waals surface area contributed by atoms with Crippen molar-refractivity contribution in [1.82, 2.24) is 0 Å². The number of esters is 1. The number of hydrogen-bond donors (Lipinski definition) is 0. The van der Waals surface area contributed by atoms with Crippen LogP contribution in [0, 0.1) is 0 Å². The van der Waals surface area contributed by atoms with Gasteiger partial charge in [0.2, 0.25) is 0 Å². The van der Waals surface area contributed by atoms with Crippen LogP contribution in [0.1, 0.15) is 6.92 Å². The maximum absolute atomic E-state index is 13.3. The van der Waals surface area contributed by atoms with Crippen LogP contribution in [0.25, 0.3) is 0 Å². The Labute approximate surface area is 150 Å². The second-order valence-corrected chi connectivity index (χ2v) is 5.43. The Morgan fingerprint density at radius 2 is 0.966 bits per heavy atom. The van der Waals surface area contributed by atoms with E-state index in [0.717, 1.165) is 0 Å². The fourth-order valence-corrected chi connectivity index (χ4v) is 1.37. The Balaban J connectivity index is 6.28. The quantitative estimate of drug-likeness (QED) is 0.268. The molecule has 0 aromatic rings. The molecule has 0 spiro atoms. The molecular weight excluding hydrogens is 461 g/mol. The number of carbonyl (C=O) groups is 1. The van der Waals surface area contributed by atoms with Gasteiger partial charge in [-0.05, 0) is 6.92 Å². The first kappa shape index (κ1) is 27.2. The van der Waals surface area contributed by atoms with Crippen molar-refractivity contribution in [1.29, 1.82) is 0 Å². The Morgan fingerprint density at radius 1 is 0.655 bits per heavy atom. The van der Waals surface area contributed by atoms with E-state index in [4.69, 9.17) is 0 Å². The lowest BCUT2D eigenvalue weighted by Gasteiger charge is -2.41. The minimum Gasteiger partial charge on any atom is -0.456 e. The van der Waals surface area contributed by atoms with E-state index in [-0.39, 0.29) is 0 Å². The Kier molecular flexibility index (Phi) is 6.69. The molecule has 0 aliphatic heterocycles. The lowest BCUT2D eigenvalue weighted by molar-refractivity contribution is -0.453. The molecule has 0 amide bonds. The van der Waals surface area contributed by atoms with Gasteiger partial charge in [0.1, 0.15) is 0 Å². The van der Waals surface area contributed by atoms with Crippen molar-refractivity contribution >= 4 is 5.97 Å². The first-order chi connectivity index (χ1) is 12.3. The fourth-order valence-electron chi connectivity index (χ4n) is 1.37. The first-order valence-electron chi connectivity index (χ1n) is 6.49. The van der Waals surface area contributed by atoms with E-state index in [1.54, 1.807) is 0 Å². The third kappa shape index (κ3) is 3.95. The number of hydrogen-bond acceptors (Lipinski definition) is 2. The minimum atomic E-state index is -8.37. The SMILES string of the molecule is C=C(C)C(=O)OCC(F)(F)C(F)(F)C(F)(F)C(F)(F)C(F)(F)C(F)(F)C(F)(F)F. The summed E-state index contributed by atoms with van der Waals surface area (Å²) in [5, 5.41) is 0. The second kappa shape index (κ2) is 7.14. The molecule has 17 heteroatoms. The van der Waals surface area contributed by atoms with E-state index in [0.29, 0.717) is 6.92 Å². The van der Waals surface area contributed by atoms with Crippen LogP contribution in [0.3, 0.4) is 0 Å². The second-order valence-electron chi connectivity index (χ2n) is 5.43. The van der Waals surface area contributed by atoms with Crippen molar-refractivity contribution in [3.8, 4) is 0 Å². The molecule has 0 aliphatic rings. The standard InChI is InChI=1S/C12H7F15O2/c1-4(2)5(28)29-3-6(13,14)7(15,16)8(17,18)9(19,20)10(21,22)11(23,24)12(25,26)27/h1,3H2,2H3. The molecule has 0 unspecified atom stereocenters. The summed E-state index contributed by atoms with van der Waals surface area (Å²) in [6, 6.07) is 0.